The van der Waals surface area contributed by atoms with Crippen molar-refractivity contribution in [3.05, 3.63) is 47.4 Å². The van der Waals surface area contributed by atoms with Crippen molar-refractivity contribution in [2.45, 2.75) is 32.7 Å². The summed E-state index contributed by atoms with van der Waals surface area (Å²) in [5.41, 5.74) is 6.95. The van der Waals surface area contributed by atoms with Crippen LogP contribution in [-0.2, 0) is 12.0 Å². The number of nitrogen functional groups attached to an aromatic ring is 1. The monoisotopic (exact) mass is 317 g/mol. The highest BCUT2D eigenvalue weighted by Crippen LogP contribution is 2.28. The zero-order chi connectivity index (χ0) is 16.8. The minimum absolute atomic E-state index is 0.112. The third-order valence-corrected chi connectivity index (χ3v) is 3.57. The van der Waals surface area contributed by atoms with Crippen molar-refractivity contribution >= 4 is 16.9 Å². The van der Waals surface area contributed by atoms with Crippen molar-refractivity contribution in [2.75, 3.05) is 5.73 Å². The fourth-order valence-corrected chi connectivity index (χ4v) is 2.50. The predicted molar refractivity (Wildman–Crippen MR) is 83.9 cm³/mol. The molecule has 120 valence electrons. The average Bonchev–Trinajstić information content (AvgIpc) is 2.83. The number of nitrogens with two attached hydrogens (primary N) is 1. The molecular formula is C16H17F2N5. The van der Waals surface area contributed by atoms with Crippen LogP contribution in [0.25, 0.3) is 11.0 Å². The van der Waals surface area contributed by atoms with Crippen LogP contribution in [0.3, 0.4) is 0 Å². The smallest absolute Gasteiger partial charge is 0.164 e. The highest BCUT2D eigenvalue weighted by atomic mass is 19.1. The summed E-state index contributed by atoms with van der Waals surface area (Å²) in [6.07, 6.45) is 1.48. The second-order valence-electron chi connectivity index (χ2n) is 6.40. The minimum Gasteiger partial charge on any atom is -0.383 e. The molecule has 2 N–H and O–H groups in total. The molecule has 5 nitrogen and oxygen atoms in total. The lowest BCUT2D eigenvalue weighted by Gasteiger charge is -2.19. The molecule has 0 unspecified atom stereocenters. The van der Waals surface area contributed by atoms with E-state index in [2.05, 4.69) is 15.1 Å². The molecule has 7 heteroatoms. The molecule has 0 atom stereocenters. The van der Waals surface area contributed by atoms with E-state index in [0.29, 0.717) is 16.7 Å². The van der Waals surface area contributed by atoms with Crippen LogP contribution in [0, 0.1) is 11.6 Å². The summed E-state index contributed by atoms with van der Waals surface area (Å²) in [5, 5.41) is 5.11. The van der Waals surface area contributed by atoms with Gasteiger partial charge in [-0.05, 0) is 44.5 Å². The fraction of sp³-hybridized carbons (Fsp3) is 0.312. The van der Waals surface area contributed by atoms with E-state index in [1.54, 1.807) is 4.68 Å². The van der Waals surface area contributed by atoms with Crippen LogP contribution in [0.15, 0.2) is 24.5 Å². The first-order chi connectivity index (χ1) is 10.8. The van der Waals surface area contributed by atoms with Crippen molar-refractivity contribution in [2.24, 2.45) is 0 Å². The molecule has 0 aliphatic rings. The molecule has 2 aromatic heterocycles. The standard InChI is InChI=1S/C16H17F2N5/c1-16(2,3)23-15-13(14(19)20-8-21-15)12(22-23)7-9-6-10(17)4-5-11(9)18/h4-6,8H,7H2,1-3H3,(H2,19,20,21). The highest BCUT2D eigenvalue weighted by Gasteiger charge is 2.23. The highest BCUT2D eigenvalue weighted by molar-refractivity contribution is 5.88. The Kier molecular flexibility index (Phi) is 3.50. The number of hydrogen-bond donors (Lipinski definition) is 1. The molecule has 0 aliphatic heterocycles. The van der Waals surface area contributed by atoms with Crippen molar-refractivity contribution < 1.29 is 8.78 Å². The normalized spacial score (nSPS) is 12.0. The van der Waals surface area contributed by atoms with Crippen molar-refractivity contribution in [1.82, 2.24) is 19.7 Å². The van der Waals surface area contributed by atoms with E-state index < -0.39 is 11.6 Å². The third-order valence-electron chi connectivity index (χ3n) is 3.57. The Balaban J connectivity index is 2.20. The number of halogens is 2. The molecule has 0 aliphatic carbocycles. The largest absolute Gasteiger partial charge is 0.383 e. The third kappa shape index (κ3) is 2.74. The predicted octanol–water partition coefficient (Wildman–Crippen LogP) is 3.03. The van der Waals surface area contributed by atoms with Crippen LogP contribution < -0.4 is 5.73 Å². The van der Waals surface area contributed by atoms with Gasteiger partial charge in [0.2, 0.25) is 0 Å². The van der Waals surface area contributed by atoms with Gasteiger partial charge in [-0.3, -0.25) is 0 Å². The van der Waals surface area contributed by atoms with Crippen LogP contribution >= 0.6 is 0 Å². The first kappa shape index (κ1) is 15.3. The molecule has 23 heavy (non-hydrogen) atoms. The second kappa shape index (κ2) is 5.26. The van der Waals surface area contributed by atoms with E-state index in [-0.39, 0.29) is 23.3 Å². The van der Waals surface area contributed by atoms with Crippen LogP contribution in [0.1, 0.15) is 32.0 Å². The summed E-state index contributed by atoms with van der Waals surface area (Å²) in [5.74, 6) is -0.706. The molecule has 1 aromatic carbocycles. The molecule has 0 saturated carbocycles. The van der Waals surface area contributed by atoms with E-state index in [9.17, 15) is 8.78 Å². The van der Waals surface area contributed by atoms with Gasteiger partial charge >= 0.3 is 0 Å². The lowest BCUT2D eigenvalue weighted by molar-refractivity contribution is 0.363. The van der Waals surface area contributed by atoms with Crippen LogP contribution in [0.4, 0.5) is 14.6 Å². The van der Waals surface area contributed by atoms with Crippen molar-refractivity contribution in [3.8, 4) is 0 Å². The van der Waals surface area contributed by atoms with Gasteiger partial charge in [0.05, 0.1) is 16.6 Å². The van der Waals surface area contributed by atoms with E-state index in [1.165, 1.54) is 6.33 Å². The van der Waals surface area contributed by atoms with Gasteiger partial charge in [0.15, 0.2) is 5.65 Å². The van der Waals surface area contributed by atoms with Crippen LogP contribution in [0.2, 0.25) is 0 Å². The molecule has 2 heterocycles. The molecule has 0 fully saturated rings. The maximum atomic E-state index is 13.9. The molecule has 0 bridgehead atoms. The summed E-state index contributed by atoms with van der Waals surface area (Å²) in [6, 6.07) is 3.35. The van der Waals surface area contributed by atoms with E-state index in [4.69, 9.17) is 5.73 Å². The summed E-state index contributed by atoms with van der Waals surface area (Å²) in [7, 11) is 0. The van der Waals surface area contributed by atoms with Crippen molar-refractivity contribution in [1.29, 1.82) is 0 Å². The number of hydrogen-bond acceptors (Lipinski definition) is 4. The molecule has 0 spiro atoms. The van der Waals surface area contributed by atoms with Gasteiger partial charge in [0.1, 0.15) is 23.8 Å². The maximum Gasteiger partial charge on any atom is 0.164 e. The molecule has 0 amide bonds. The number of aromatic nitrogens is 4. The lowest BCUT2D eigenvalue weighted by Crippen LogP contribution is -2.23. The lowest BCUT2D eigenvalue weighted by atomic mass is 10.1. The topological polar surface area (TPSA) is 69.6 Å². The Morgan fingerprint density at radius 2 is 1.91 bits per heavy atom. The van der Waals surface area contributed by atoms with Gasteiger partial charge in [-0.25, -0.2) is 23.4 Å². The molecule has 0 saturated heterocycles. The SMILES string of the molecule is CC(C)(C)n1nc(Cc2cc(F)ccc2F)c2c(N)ncnc21. The van der Waals surface area contributed by atoms with Crippen LogP contribution in [0.5, 0.6) is 0 Å². The summed E-state index contributed by atoms with van der Waals surface area (Å²) < 4.78 is 29.1. The Morgan fingerprint density at radius 1 is 1.17 bits per heavy atom. The number of nitrogens with zero attached hydrogens (tertiary/aromatic N) is 4. The number of anilines is 1. The van der Waals surface area contributed by atoms with Gasteiger partial charge in [-0.2, -0.15) is 5.10 Å². The van der Waals surface area contributed by atoms with Gasteiger partial charge < -0.3 is 5.73 Å². The first-order valence-electron chi connectivity index (χ1n) is 7.20. The zero-order valence-electron chi connectivity index (χ0n) is 13.1. The fourth-order valence-electron chi connectivity index (χ4n) is 2.50. The maximum absolute atomic E-state index is 13.9. The molecule has 3 rings (SSSR count). The second-order valence-corrected chi connectivity index (χ2v) is 6.40. The number of benzene rings is 1. The number of fused-ring (bicyclic) bond motifs is 1. The first-order valence-corrected chi connectivity index (χ1v) is 7.20. The number of rotatable bonds is 2. The average molecular weight is 317 g/mol. The quantitative estimate of drug-likeness (QED) is 0.789. The minimum atomic E-state index is -0.495. The summed E-state index contributed by atoms with van der Waals surface area (Å²) >= 11 is 0. The summed E-state index contributed by atoms with van der Waals surface area (Å²) in [4.78, 5) is 8.24. The van der Waals surface area contributed by atoms with Crippen LogP contribution in [-0.4, -0.2) is 19.7 Å². The Morgan fingerprint density at radius 3 is 2.61 bits per heavy atom. The summed E-state index contributed by atoms with van der Waals surface area (Å²) in [6.45, 7) is 5.93. The molecule has 3 aromatic rings. The van der Waals surface area contributed by atoms with Crippen molar-refractivity contribution in [3.63, 3.8) is 0 Å². The Hall–Kier alpha value is -2.57. The van der Waals surface area contributed by atoms with Gasteiger partial charge in [0, 0.05) is 6.42 Å². The van der Waals surface area contributed by atoms with E-state index >= 15 is 0 Å². The Labute approximate surface area is 132 Å². The van der Waals surface area contributed by atoms with Gasteiger partial charge in [-0.1, -0.05) is 0 Å². The van der Waals surface area contributed by atoms with Gasteiger partial charge in [-0.15, -0.1) is 0 Å². The molecule has 0 radical (unpaired) electrons. The van der Waals surface area contributed by atoms with Gasteiger partial charge in [0.25, 0.3) is 0 Å². The van der Waals surface area contributed by atoms with E-state index in [0.717, 1.165) is 18.2 Å². The van der Waals surface area contributed by atoms with E-state index in [1.807, 2.05) is 20.8 Å². The Bertz CT molecular complexity index is 880. The zero-order valence-corrected chi connectivity index (χ0v) is 13.1. The molecular weight excluding hydrogens is 300 g/mol.